The van der Waals surface area contributed by atoms with Crippen LogP contribution < -0.4 is 5.32 Å². The van der Waals surface area contributed by atoms with Crippen LogP contribution in [0.25, 0.3) is 0 Å². The average molecular weight is 378 g/mol. The number of carboxylic acids is 1. The van der Waals surface area contributed by atoms with Crippen molar-refractivity contribution in [3.05, 3.63) is 34.3 Å². The van der Waals surface area contributed by atoms with Gasteiger partial charge in [0.1, 0.15) is 6.04 Å². The maximum absolute atomic E-state index is 12.4. The summed E-state index contributed by atoms with van der Waals surface area (Å²) in [4.78, 5) is 23.1. The standard InChI is InChI=1S/C15H18BrF2NO3/c1-2-10(6-9-4-3-5-11(16)7-9)14(20)19-12(15(21)22)8-13(17)18/h3-5,7,10,12-13H,2,6,8H2,1H3,(H,19,20)(H,21,22). The molecule has 1 amide bonds. The molecule has 2 unspecified atom stereocenters. The molecule has 1 aromatic carbocycles. The molecule has 4 nitrogen and oxygen atoms in total. The Balaban J connectivity index is 2.72. The van der Waals surface area contributed by atoms with Crippen LogP contribution in [0, 0.1) is 5.92 Å². The molecule has 2 N–H and O–H groups in total. The van der Waals surface area contributed by atoms with Crippen LogP contribution >= 0.6 is 15.9 Å². The van der Waals surface area contributed by atoms with E-state index in [1.165, 1.54) is 0 Å². The molecule has 0 aliphatic heterocycles. The Kier molecular flexibility index (Phi) is 7.44. The maximum atomic E-state index is 12.4. The molecule has 0 radical (unpaired) electrons. The number of carbonyl (C=O) groups is 2. The first-order valence-electron chi connectivity index (χ1n) is 6.89. The second-order valence-corrected chi connectivity index (χ2v) is 5.88. The highest BCUT2D eigenvalue weighted by Crippen LogP contribution is 2.17. The fourth-order valence-electron chi connectivity index (χ4n) is 2.06. The summed E-state index contributed by atoms with van der Waals surface area (Å²) in [6, 6.07) is 5.84. The van der Waals surface area contributed by atoms with Crippen molar-refractivity contribution < 1.29 is 23.5 Å². The smallest absolute Gasteiger partial charge is 0.326 e. The first-order valence-corrected chi connectivity index (χ1v) is 7.68. The number of halogens is 3. The zero-order valence-corrected chi connectivity index (χ0v) is 13.6. The molecule has 0 saturated carbocycles. The van der Waals surface area contributed by atoms with Crippen molar-refractivity contribution >= 4 is 27.8 Å². The number of aliphatic carboxylic acids is 1. The number of amides is 1. The van der Waals surface area contributed by atoms with Gasteiger partial charge in [0.05, 0.1) is 0 Å². The van der Waals surface area contributed by atoms with Gasteiger partial charge < -0.3 is 10.4 Å². The van der Waals surface area contributed by atoms with Crippen LogP contribution in [0.15, 0.2) is 28.7 Å². The Labute approximate surface area is 136 Å². The number of rotatable bonds is 8. The summed E-state index contributed by atoms with van der Waals surface area (Å²) in [5.41, 5.74) is 0.914. The Morgan fingerprint density at radius 3 is 2.55 bits per heavy atom. The molecule has 0 saturated heterocycles. The minimum atomic E-state index is -2.79. The SMILES string of the molecule is CCC(Cc1cccc(Br)c1)C(=O)NC(CC(F)F)C(=O)O. The van der Waals surface area contributed by atoms with Gasteiger partial charge >= 0.3 is 5.97 Å². The molecule has 2 atom stereocenters. The van der Waals surface area contributed by atoms with E-state index in [0.717, 1.165) is 10.0 Å². The van der Waals surface area contributed by atoms with Crippen LogP contribution in [-0.2, 0) is 16.0 Å². The second-order valence-electron chi connectivity index (χ2n) is 4.97. The zero-order chi connectivity index (χ0) is 16.7. The second kappa shape index (κ2) is 8.82. The fraction of sp³-hybridized carbons (Fsp3) is 0.467. The molecule has 0 aliphatic rings. The van der Waals surface area contributed by atoms with Gasteiger partial charge in [-0.3, -0.25) is 4.79 Å². The molecule has 22 heavy (non-hydrogen) atoms. The van der Waals surface area contributed by atoms with Crippen molar-refractivity contribution in [2.75, 3.05) is 0 Å². The fourth-order valence-corrected chi connectivity index (χ4v) is 2.51. The molecular formula is C15H18BrF2NO3. The molecule has 0 aromatic heterocycles. The molecule has 1 rings (SSSR count). The predicted octanol–water partition coefficient (Wildman–Crippen LogP) is 3.24. The number of nitrogens with one attached hydrogen (secondary N) is 1. The van der Waals surface area contributed by atoms with E-state index >= 15 is 0 Å². The number of hydrogen-bond acceptors (Lipinski definition) is 2. The van der Waals surface area contributed by atoms with E-state index in [1.807, 2.05) is 24.3 Å². The number of hydrogen-bond donors (Lipinski definition) is 2. The third-order valence-corrected chi connectivity index (χ3v) is 3.76. The molecule has 0 bridgehead atoms. The van der Waals surface area contributed by atoms with Crippen molar-refractivity contribution in [1.82, 2.24) is 5.32 Å². The number of carbonyl (C=O) groups excluding carboxylic acids is 1. The van der Waals surface area contributed by atoms with Gasteiger partial charge in [-0.1, -0.05) is 35.0 Å². The van der Waals surface area contributed by atoms with E-state index in [9.17, 15) is 18.4 Å². The van der Waals surface area contributed by atoms with Crippen molar-refractivity contribution in [2.24, 2.45) is 5.92 Å². The molecular weight excluding hydrogens is 360 g/mol. The topological polar surface area (TPSA) is 66.4 Å². The molecule has 0 spiro atoms. The Morgan fingerprint density at radius 2 is 2.05 bits per heavy atom. The lowest BCUT2D eigenvalue weighted by molar-refractivity contribution is -0.143. The van der Waals surface area contributed by atoms with Crippen LogP contribution in [-0.4, -0.2) is 29.5 Å². The Bertz CT molecular complexity index is 525. The van der Waals surface area contributed by atoms with Crippen molar-refractivity contribution in [3.63, 3.8) is 0 Å². The summed E-state index contributed by atoms with van der Waals surface area (Å²) in [5, 5.41) is 11.1. The van der Waals surface area contributed by atoms with Gasteiger partial charge in [-0.25, -0.2) is 13.6 Å². The number of alkyl halides is 2. The number of carboxylic acid groups (broad SMARTS) is 1. The van der Waals surface area contributed by atoms with Crippen molar-refractivity contribution in [3.8, 4) is 0 Å². The van der Waals surface area contributed by atoms with Gasteiger partial charge in [0.2, 0.25) is 12.3 Å². The van der Waals surface area contributed by atoms with E-state index < -0.39 is 36.7 Å². The minimum Gasteiger partial charge on any atom is -0.480 e. The normalized spacial score (nSPS) is 13.7. The molecule has 0 fully saturated rings. The Morgan fingerprint density at radius 1 is 1.36 bits per heavy atom. The lowest BCUT2D eigenvalue weighted by atomic mass is 9.95. The molecule has 0 heterocycles. The van der Waals surface area contributed by atoms with Crippen LogP contribution in [0.2, 0.25) is 0 Å². The highest BCUT2D eigenvalue weighted by Gasteiger charge is 2.27. The van der Waals surface area contributed by atoms with Gasteiger partial charge in [-0.2, -0.15) is 0 Å². The zero-order valence-electron chi connectivity index (χ0n) is 12.1. The van der Waals surface area contributed by atoms with Gasteiger partial charge in [-0.15, -0.1) is 0 Å². The average Bonchev–Trinajstić information content (AvgIpc) is 2.43. The van der Waals surface area contributed by atoms with E-state index in [-0.39, 0.29) is 0 Å². The summed E-state index contributed by atoms with van der Waals surface area (Å²) in [6.45, 7) is 1.80. The van der Waals surface area contributed by atoms with Gasteiger partial charge in [-0.05, 0) is 30.5 Å². The summed E-state index contributed by atoms with van der Waals surface area (Å²) in [5.74, 6) is -2.43. The van der Waals surface area contributed by atoms with Crippen LogP contribution in [0.1, 0.15) is 25.3 Å². The lowest BCUT2D eigenvalue weighted by Crippen LogP contribution is -2.45. The summed E-state index contributed by atoms with van der Waals surface area (Å²) < 4.78 is 25.6. The molecule has 122 valence electrons. The van der Waals surface area contributed by atoms with Crippen LogP contribution in [0.3, 0.4) is 0 Å². The van der Waals surface area contributed by atoms with Gasteiger partial charge in [0, 0.05) is 16.8 Å². The van der Waals surface area contributed by atoms with Crippen molar-refractivity contribution in [2.45, 2.75) is 38.7 Å². The highest BCUT2D eigenvalue weighted by molar-refractivity contribution is 9.10. The Hall–Kier alpha value is -1.50. The number of benzene rings is 1. The largest absolute Gasteiger partial charge is 0.480 e. The van der Waals surface area contributed by atoms with E-state index in [4.69, 9.17) is 5.11 Å². The van der Waals surface area contributed by atoms with Gasteiger partial charge in [0.15, 0.2) is 0 Å². The van der Waals surface area contributed by atoms with Crippen LogP contribution in [0.4, 0.5) is 8.78 Å². The maximum Gasteiger partial charge on any atom is 0.326 e. The lowest BCUT2D eigenvalue weighted by Gasteiger charge is -2.19. The van der Waals surface area contributed by atoms with E-state index in [1.54, 1.807) is 6.92 Å². The van der Waals surface area contributed by atoms with Crippen molar-refractivity contribution in [1.29, 1.82) is 0 Å². The van der Waals surface area contributed by atoms with Gasteiger partial charge in [0.25, 0.3) is 0 Å². The summed E-state index contributed by atoms with van der Waals surface area (Å²) in [7, 11) is 0. The van der Waals surface area contributed by atoms with E-state index in [2.05, 4.69) is 21.2 Å². The molecule has 7 heteroatoms. The monoisotopic (exact) mass is 377 g/mol. The first-order chi connectivity index (χ1) is 10.3. The third-order valence-electron chi connectivity index (χ3n) is 3.26. The first kappa shape index (κ1) is 18.5. The highest BCUT2D eigenvalue weighted by atomic mass is 79.9. The summed E-state index contributed by atoms with van der Waals surface area (Å²) >= 11 is 3.34. The van der Waals surface area contributed by atoms with Crippen LogP contribution in [0.5, 0.6) is 0 Å². The predicted molar refractivity (Wildman–Crippen MR) is 81.8 cm³/mol. The molecule has 0 aliphatic carbocycles. The quantitative estimate of drug-likeness (QED) is 0.730. The third kappa shape index (κ3) is 6.09. The summed E-state index contributed by atoms with van der Waals surface area (Å²) in [6.07, 6.45) is -2.78. The molecule has 1 aromatic rings. The van der Waals surface area contributed by atoms with E-state index in [0.29, 0.717) is 12.8 Å². The minimum absolute atomic E-state index is 0.419.